The molecule has 9 heteroatoms. The summed E-state index contributed by atoms with van der Waals surface area (Å²) in [6, 6.07) is 11.7. The Morgan fingerprint density at radius 1 is 1.12 bits per heavy atom. The first kappa shape index (κ1) is 29.6. The molecule has 1 fully saturated rings. The monoisotopic (exact) mass is 551 g/mol. The fraction of sp³-hybridized carbons (Fsp3) is 0.516. The van der Waals surface area contributed by atoms with E-state index in [1.165, 1.54) is 0 Å². The highest BCUT2D eigenvalue weighted by atomic mass is 16.5. The summed E-state index contributed by atoms with van der Waals surface area (Å²) in [7, 11) is 1.97. The Balaban J connectivity index is 1.60. The van der Waals surface area contributed by atoms with Crippen LogP contribution in [0.1, 0.15) is 72.2 Å². The lowest BCUT2D eigenvalue weighted by Gasteiger charge is -2.38. The van der Waals surface area contributed by atoms with Crippen LogP contribution in [-0.2, 0) is 11.3 Å². The van der Waals surface area contributed by atoms with Gasteiger partial charge in [0.1, 0.15) is 6.10 Å². The summed E-state index contributed by atoms with van der Waals surface area (Å²) < 4.78 is 6.62. The molecule has 9 nitrogen and oxygen atoms in total. The van der Waals surface area contributed by atoms with Crippen LogP contribution in [0.2, 0.25) is 0 Å². The fourth-order valence-electron chi connectivity index (χ4n) is 5.60. The van der Waals surface area contributed by atoms with E-state index in [0.717, 1.165) is 37.7 Å². The van der Waals surface area contributed by atoms with E-state index >= 15 is 0 Å². The minimum atomic E-state index is -0.960. The lowest BCUT2D eigenvalue weighted by atomic mass is 9.88. The quantitative estimate of drug-likeness (QED) is 0.426. The molecular weight excluding hydrogens is 510 g/mol. The molecule has 2 aromatic carbocycles. The van der Waals surface area contributed by atoms with Gasteiger partial charge in [-0.05, 0) is 56.6 Å². The first-order valence-electron chi connectivity index (χ1n) is 14.2. The molecule has 2 aliphatic rings. The Morgan fingerprint density at radius 2 is 1.82 bits per heavy atom. The number of fused-ring (bicyclic) bond motifs is 1. The van der Waals surface area contributed by atoms with Crippen LogP contribution < -0.4 is 10.1 Å². The number of carboxylic acids is 1. The predicted molar refractivity (Wildman–Crippen MR) is 153 cm³/mol. The number of aromatic carboxylic acids is 1. The molecule has 0 radical (unpaired) electrons. The Kier molecular flexibility index (Phi) is 9.81. The second-order valence-corrected chi connectivity index (χ2v) is 11.3. The molecule has 1 aliphatic carbocycles. The van der Waals surface area contributed by atoms with Gasteiger partial charge in [0.05, 0.1) is 29.5 Å². The van der Waals surface area contributed by atoms with Gasteiger partial charge in [-0.15, -0.1) is 0 Å². The van der Waals surface area contributed by atoms with E-state index in [1.54, 1.807) is 47.4 Å². The number of carbonyl (C=O) groups excluding carboxylic acids is 2. The van der Waals surface area contributed by atoms with Gasteiger partial charge in [0.2, 0.25) is 5.91 Å². The SMILES string of the molecule is C[C@H](CO)N1C[C@H](C)[C@H](CN(C)Cc2ccc(C(=O)O)cc2)Oc2c(NC(=O)C3CCCCC3)cccc2C1=O. The van der Waals surface area contributed by atoms with Crippen molar-refractivity contribution in [2.75, 3.05) is 32.1 Å². The lowest BCUT2D eigenvalue weighted by molar-refractivity contribution is -0.120. The summed E-state index contributed by atoms with van der Waals surface area (Å²) in [5.74, 6) is -1.00. The van der Waals surface area contributed by atoms with E-state index in [0.29, 0.717) is 36.6 Å². The molecular formula is C31H41N3O6. The summed E-state index contributed by atoms with van der Waals surface area (Å²) >= 11 is 0. The lowest BCUT2D eigenvalue weighted by Crippen LogP contribution is -2.49. The Labute approximate surface area is 236 Å². The number of anilines is 1. The normalized spacial score (nSPS) is 20.7. The smallest absolute Gasteiger partial charge is 0.335 e. The second kappa shape index (κ2) is 13.3. The maximum atomic E-state index is 13.7. The molecule has 2 aromatic rings. The van der Waals surface area contributed by atoms with Crippen LogP contribution in [0, 0.1) is 11.8 Å². The number of aliphatic hydroxyl groups is 1. The van der Waals surface area contributed by atoms with E-state index in [2.05, 4.69) is 10.2 Å². The molecule has 3 N–H and O–H groups in total. The number of hydrogen-bond donors (Lipinski definition) is 3. The van der Waals surface area contributed by atoms with Crippen LogP contribution >= 0.6 is 0 Å². The molecule has 2 amide bonds. The molecule has 4 rings (SSSR count). The Bertz CT molecular complexity index is 1190. The number of ether oxygens (including phenoxy) is 1. The largest absolute Gasteiger partial charge is 0.486 e. The zero-order chi connectivity index (χ0) is 28.8. The van der Waals surface area contributed by atoms with Gasteiger partial charge in [0.15, 0.2) is 5.75 Å². The summed E-state index contributed by atoms with van der Waals surface area (Å²) in [5.41, 5.74) is 2.07. The molecule has 1 saturated carbocycles. The average Bonchev–Trinajstić information content (AvgIpc) is 2.95. The second-order valence-electron chi connectivity index (χ2n) is 11.3. The molecule has 3 atom stereocenters. The van der Waals surface area contributed by atoms with Gasteiger partial charge in [-0.1, -0.05) is 44.4 Å². The third-order valence-electron chi connectivity index (χ3n) is 8.07. The highest BCUT2D eigenvalue weighted by molar-refractivity contribution is 6.02. The van der Waals surface area contributed by atoms with Gasteiger partial charge in [0.25, 0.3) is 5.91 Å². The first-order valence-corrected chi connectivity index (χ1v) is 14.2. The van der Waals surface area contributed by atoms with E-state index in [1.807, 2.05) is 20.9 Å². The van der Waals surface area contributed by atoms with Crippen molar-refractivity contribution >= 4 is 23.5 Å². The van der Waals surface area contributed by atoms with Crippen LogP contribution in [0.25, 0.3) is 0 Å². The maximum absolute atomic E-state index is 13.7. The minimum Gasteiger partial charge on any atom is -0.486 e. The molecule has 0 spiro atoms. The van der Waals surface area contributed by atoms with Crippen molar-refractivity contribution in [2.24, 2.45) is 11.8 Å². The third-order valence-corrected chi connectivity index (χ3v) is 8.07. The van der Waals surface area contributed by atoms with Crippen LogP contribution in [-0.4, -0.2) is 76.7 Å². The van der Waals surface area contributed by atoms with Gasteiger partial charge in [-0.3, -0.25) is 14.5 Å². The number of amides is 2. The van der Waals surface area contributed by atoms with Crippen molar-refractivity contribution in [2.45, 2.75) is 64.6 Å². The third kappa shape index (κ3) is 7.01. The number of benzene rings is 2. The molecule has 0 saturated heterocycles. The summed E-state index contributed by atoms with van der Waals surface area (Å²) in [6.07, 6.45) is 4.63. The summed E-state index contributed by atoms with van der Waals surface area (Å²) in [6.45, 7) is 5.20. The number of nitrogens with zero attached hydrogens (tertiary/aromatic N) is 2. The van der Waals surface area contributed by atoms with Crippen LogP contribution in [0.4, 0.5) is 5.69 Å². The maximum Gasteiger partial charge on any atom is 0.335 e. The highest BCUT2D eigenvalue weighted by Gasteiger charge is 2.35. The van der Waals surface area contributed by atoms with Crippen LogP contribution in [0.3, 0.4) is 0 Å². The van der Waals surface area contributed by atoms with Gasteiger partial charge in [-0.25, -0.2) is 4.79 Å². The fourth-order valence-corrected chi connectivity index (χ4v) is 5.60. The van der Waals surface area contributed by atoms with Gasteiger partial charge >= 0.3 is 5.97 Å². The van der Waals surface area contributed by atoms with E-state index in [-0.39, 0.29) is 48.0 Å². The van der Waals surface area contributed by atoms with Crippen molar-refractivity contribution in [1.82, 2.24) is 9.80 Å². The molecule has 0 aromatic heterocycles. The number of likely N-dealkylation sites (N-methyl/N-ethyl adjacent to an activating group) is 1. The summed E-state index contributed by atoms with van der Waals surface area (Å²) in [4.78, 5) is 41.8. The molecule has 1 heterocycles. The predicted octanol–water partition coefficient (Wildman–Crippen LogP) is 4.26. The average molecular weight is 552 g/mol. The summed E-state index contributed by atoms with van der Waals surface area (Å²) in [5, 5.41) is 22.2. The van der Waals surface area contributed by atoms with E-state index in [9.17, 15) is 24.6 Å². The number of rotatable bonds is 9. The van der Waals surface area contributed by atoms with Crippen LogP contribution in [0.5, 0.6) is 5.75 Å². The molecule has 216 valence electrons. The molecule has 40 heavy (non-hydrogen) atoms. The first-order chi connectivity index (χ1) is 19.2. The zero-order valence-corrected chi connectivity index (χ0v) is 23.6. The molecule has 0 bridgehead atoms. The molecule has 0 unspecified atom stereocenters. The van der Waals surface area contributed by atoms with Crippen LogP contribution in [0.15, 0.2) is 42.5 Å². The van der Waals surface area contributed by atoms with Crippen molar-refractivity contribution in [3.63, 3.8) is 0 Å². The minimum absolute atomic E-state index is 0.0432. The Morgan fingerprint density at radius 3 is 2.48 bits per heavy atom. The number of carboxylic acid groups (broad SMARTS) is 1. The number of aliphatic hydroxyl groups excluding tert-OH is 1. The van der Waals surface area contributed by atoms with Crippen molar-refractivity contribution in [3.05, 3.63) is 59.2 Å². The van der Waals surface area contributed by atoms with Crippen molar-refractivity contribution in [3.8, 4) is 5.75 Å². The molecule has 1 aliphatic heterocycles. The number of hydrogen-bond acceptors (Lipinski definition) is 6. The number of carbonyl (C=O) groups is 3. The number of para-hydroxylation sites is 1. The standard InChI is InChI=1S/C31H41N3O6/c1-20-16-34(21(2)19-35)30(37)25-10-7-11-26(32-29(36)23-8-5-4-6-9-23)28(25)40-27(20)18-33(3)17-22-12-14-24(15-13-22)31(38)39/h7,10-15,20-21,23,27,35H,4-6,8-9,16-19H2,1-3H3,(H,32,36)(H,38,39)/t20-,21+,27-/m0/s1. The Hall–Kier alpha value is -3.43. The van der Waals surface area contributed by atoms with Gasteiger partial charge < -0.3 is 25.2 Å². The van der Waals surface area contributed by atoms with E-state index in [4.69, 9.17) is 4.74 Å². The van der Waals surface area contributed by atoms with Gasteiger partial charge in [0, 0.05) is 31.5 Å². The van der Waals surface area contributed by atoms with Crippen molar-refractivity contribution in [1.29, 1.82) is 0 Å². The van der Waals surface area contributed by atoms with Crippen molar-refractivity contribution < 1.29 is 29.3 Å². The zero-order valence-electron chi connectivity index (χ0n) is 23.6. The van der Waals surface area contributed by atoms with Gasteiger partial charge in [-0.2, -0.15) is 0 Å². The number of nitrogens with one attached hydrogen (secondary N) is 1. The van der Waals surface area contributed by atoms with E-state index < -0.39 is 5.97 Å². The highest BCUT2D eigenvalue weighted by Crippen LogP contribution is 2.36. The topological polar surface area (TPSA) is 119 Å².